The van der Waals surface area contributed by atoms with Gasteiger partial charge >= 0.3 is 11.3 Å². The molecule has 0 heterocycles. The van der Waals surface area contributed by atoms with Gasteiger partial charge in [-0.3, -0.25) is 4.79 Å². The lowest BCUT2D eigenvalue weighted by Gasteiger charge is -2.08. The largest absolute Gasteiger partial charge is 0.431 e. The normalized spacial score (nSPS) is 9.59. The lowest BCUT2D eigenvalue weighted by atomic mass is 10.1. The van der Waals surface area contributed by atoms with E-state index in [0.29, 0.717) is 12.1 Å². The molecule has 0 fully saturated rings. The third-order valence-electron chi connectivity index (χ3n) is 1.70. The number of anilines is 1. The van der Waals surface area contributed by atoms with Crippen molar-refractivity contribution in [2.75, 3.05) is 5.32 Å². The highest BCUT2D eigenvalue weighted by atomic mass is 35.5. The molecule has 0 aliphatic rings. The van der Waals surface area contributed by atoms with Gasteiger partial charge < -0.3 is 10.1 Å². The van der Waals surface area contributed by atoms with E-state index in [1.807, 2.05) is 5.32 Å². The van der Waals surface area contributed by atoms with Gasteiger partial charge in [-0.05, 0) is 17.7 Å². The molecule has 90 valence electrons. The molecule has 1 N–H and O–H groups in total. The first-order valence-corrected chi connectivity index (χ1v) is 4.61. The summed E-state index contributed by atoms with van der Waals surface area (Å²) in [7, 11) is 0. The minimum Gasteiger partial charge on any atom is -0.431 e. The molecule has 1 aromatic rings. The minimum absolute atomic E-state index is 0.296. The van der Waals surface area contributed by atoms with Gasteiger partial charge in [-0.25, -0.2) is 13.6 Å². The number of esters is 1. The summed E-state index contributed by atoms with van der Waals surface area (Å²) in [5, 5.41) is 0.913. The van der Waals surface area contributed by atoms with Crippen LogP contribution in [-0.4, -0.2) is 11.3 Å². The van der Waals surface area contributed by atoms with Gasteiger partial charge in [0.05, 0.1) is 17.5 Å². The molecule has 0 aliphatic carbocycles. The number of carbonyl (C=O) groups excluding carboxylic acids is 2. The second kappa shape index (κ2) is 5.40. The number of halogens is 3. The Bertz CT molecular complexity index is 491. The predicted octanol–water partition coefficient (Wildman–Crippen LogP) is 3.04. The molecule has 0 spiro atoms. The highest BCUT2D eigenvalue weighted by molar-refractivity contribution is 6.65. The van der Waals surface area contributed by atoms with Crippen molar-refractivity contribution in [1.29, 1.82) is 0 Å². The third-order valence-corrected chi connectivity index (χ3v) is 1.80. The van der Waals surface area contributed by atoms with Gasteiger partial charge in [0.25, 0.3) is 0 Å². The summed E-state index contributed by atoms with van der Waals surface area (Å²) < 4.78 is 30.2. The summed E-state index contributed by atoms with van der Waals surface area (Å²) in [6.45, 7) is 3.13. The van der Waals surface area contributed by atoms with Crippen LogP contribution in [0, 0.1) is 11.6 Å². The van der Waals surface area contributed by atoms with E-state index in [1.54, 1.807) is 0 Å². The molecule has 0 aliphatic heterocycles. The van der Waals surface area contributed by atoms with Crippen LogP contribution in [0.2, 0.25) is 0 Å². The fourth-order valence-electron chi connectivity index (χ4n) is 1.06. The van der Waals surface area contributed by atoms with Gasteiger partial charge in [0, 0.05) is 6.07 Å². The van der Waals surface area contributed by atoms with Crippen LogP contribution in [0.4, 0.5) is 19.3 Å². The molecule has 0 bridgehead atoms. The zero-order chi connectivity index (χ0) is 13.0. The fraction of sp³-hybridized carbons (Fsp3) is 0. The lowest BCUT2D eigenvalue weighted by Crippen LogP contribution is -2.10. The Morgan fingerprint density at radius 3 is 2.47 bits per heavy atom. The van der Waals surface area contributed by atoms with Gasteiger partial charge in [0.2, 0.25) is 0 Å². The zero-order valence-electron chi connectivity index (χ0n) is 8.30. The Kier molecular flexibility index (Phi) is 4.17. The monoisotopic (exact) mass is 261 g/mol. The fourth-order valence-corrected chi connectivity index (χ4v) is 1.17. The van der Waals surface area contributed by atoms with E-state index in [1.165, 1.54) is 0 Å². The molecule has 0 aromatic heterocycles. The second-order valence-corrected chi connectivity index (χ2v) is 3.13. The van der Waals surface area contributed by atoms with Crippen molar-refractivity contribution in [1.82, 2.24) is 0 Å². The number of amides is 1. The standard InChI is InChI=1S/C10H6ClF2NO3/c1-2-17-9(15)5-3-6(12)7(13)4-8(5)14-10(11)16/h2-4H,1H2,(H,14,16). The van der Waals surface area contributed by atoms with Crippen LogP contribution in [0.1, 0.15) is 10.4 Å². The van der Waals surface area contributed by atoms with Crippen LogP contribution in [0.5, 0.6) is 0 Å². The summed E-state index contributed by atoms with van der Waals surface area (Å²) >= 11 is 5.02. The van der Waals surface area contributed by atoms with E-state index in [4.69, 9.17) is 11.6 Å². The Morgan fingerprint density at radius 1 is 1.35 bits per heavy atom. The highest BCUT2D eigenvalue weighted by Gasteiger charge is 2.17. The molecule has 0 atom stereocenters. The molecule has 0 radical (unpaired) electrons. The van der Waals surface area contributed by atoms with E-state index in [9.17, 15) is 18.4 Å². The number of nitrogens with one attached hydrogen (secondary N) is 1. The first kappa shape index (κ1) is 13.1. The first-order chi connectivity index (χ1) is 7.95. The Hall–Kier alpha value is -1.95. The lowest BCUT2D eigenvalue weighted by molar-refractivity contribution is 0.0664. The summed E-state index contributed by atoms with van der Waals surface area (Å²) in [6.07, 6.45) is 0.815. The average Bonchev–Trinajstić information content (AvgIpc) is 2.22. The van der Waals surface area contributed by atoms with Crippen LogP contribution in [0.3, 0.4) is 0 Å². The topological polar surface area (TPSA) is 55.4 Å². The van der Waals surface area contributed by atoms with Gasteiger partial charge in [-0.15, -0.1) is 0 Å². The van der Waals surface area contributed by atoms with Crippen LogP contribution in [0.15, 0.2) is 25.0 Å². The van der Waals surface area contributed by atoms with Gasteiger partial charge in [-0.2, -0.15) is 0 Å². The summed E-state index contributed by atoms with van der Waals surface area (Å²) in [6, 6.07) is 1.21. The van der Waals surface area contributed by atoms with Gasteiger partial charge in [0.1, 0.15) is 0 Å². The van der Waals surface area contributed by atoms with Gasteiger partial charge in [-0.1, -0.05) is 6.58 Å². The number of ether oxygens (including phenoxy) is 1. The van der Waals surface area contributed by atoms with Crippen LogP contribution in [0.25, 0.3) is 0 Å². The van der Waals surface area contributed by atoms with E-state index in [0.717, 1.165) is 6.26 Å². The maximum absolute atomic E-state index is 12.9. The Balaban J connectivity index is 3.24. The van der Waals surface area contributed by atoms with Crippen molar-refractivity contribution in [3.05, 3.63) is 42.2 Å². The molecule has 7 heteroatoms. The molecular weight excluding hydrogens is 256 g/mol. The van der Waals surface area contributed by atoms with E-state index >= 15 is 0 Å². The number of carbonyl (C=O) groups is 2. The first-order valence-electron chi connectivity index (χ1n) is 4.23. The van der Waals surface area contributed by atoms with Gasteiger partial charge in [0.15, 0.2) is 11.6 Å². The molecule has 0 saturated carbocycles. The van der Waals surface area contributed by atoms with Crippen molar-refractivity contribution in [2.24, 2.45) is 0 Å². The molecule has 0 unspecified atom stereocenters. The molecule has 17 heavy (non-hydrogen) atoms. The minimum atomic E-state index is -1.26. The van der Waals surface area contributed by atoms with Crippen molar-refractivity contribution in [3.63, 3.8) is 0 Å². The Morgan fingerprint density at radius 2 is 1.94 bits per heavy atom. The summed E-state index contributed by atoms with van der Waals surface area (Å²) in [4.78, 5) is 21.9. The summed E-state index contributed by atoms with van der Waals surface area (Å²) in [5.74, 6) is -3.49. The van der Waals surface area contributed by atoms with Crippen LogP contribution < -0.4 is 5.32 Å². The van der Waals surface area contributed by atoms with Crippen LogP contribution in [-0.2, 0) is 4.74 Å². The van der Waals surface area contributed by atoms with E-state index in [-0.39, 0.29) is 11.3 Å². The van der Waals surface area contributed by atoms with Crippen molar-refractivity contribution in [3.8, 4) is 0 Å². The quantitative estimate of drug-likeness (QED) is 0.394. The molecule has 1 amide bonds. The molecule has 1 rings (SSSR count). The number of hydrogen-bond acceptors (Lipinski definition) is 3. The maximum atomic E-state index is 12.9. The highest BCUT2D eigenvalue weighted by Crippen LogP contribution is 2.21. The molecule has 1 aromatic carbocycles. The van der Waals surface area contributed by atoms with E-state index < -0.39 is 23.0 Å². The number of hydrogen-bond donors (Lipinski definition) is 1. The van der Waals surface area contributed by atoms with Crippen LogP contribution >= 0.6 is 11.6 Å². The number of rotatable bonds is 3. The molecule has 0 saturated heterocycles. The second-order valence-electron chi connectivity index (χ2n) is 2.78. The number of benzene rings is 1. The smallest absolute Gasteiger partial charge is 0.345 e. The Labute approximate surface area is 99.8 Å². The van der Waals surface area contributed by atoms with Crippen molar-refractivity contribution < 1.29 is 23.1 Å². The molecule has 4 nitrogen and oxygen atoms in total. The SMILES string of the molecule is C=COC(=O)c1cc(F)c(F)cc1NC(=O)Cl. The summed E-state index contributed by atoms with van der Waals surface area (Å²) in [5.41, 5.74) is -0.673. The van der Waals surface area contributed by atoms with Crippen molar-refractivity contribution >= 4 is 28.6 Å². The van der Waals surface area contributed by atoms with Crippen molar-refractivity contribution in [2.45, 2.75) is 0 Å². The predicted molar refractivity (Wildman–Crippen MR) is 56.8 cm³/mol. The molecular formula is C10H6ClF2NO3. The maximum Gasteiger partial charge on any atom is 0.345 e. The average molecular weight is 262 g/mol. The van der Waals surface area contributed by atoms with E-state index in [2.05, 4.69) is 11.3 Å². The zero-order valence-corrected chi connectivity index (χ0v) is 9.05. The third kappa shape index (κ3) is 3.25.